The SMILES string of the molecule is CN=C(NCCCN1CC(C)OC(C)C1)NCc1ccccc1F. The van der Waals surface area contributed by atoms with Crippen molar-refractivity contribution in [3.63, 3.8) is 0 Å². The van der Waals surface area contributed by atoms with E-state index in [1.165, 1.54) is 6.07 Å². The number of hydrogen-bond acceptors (Lipinski definition) is 3. The Balaban J connectivity index is 1.66. The lowest BCUT2D eigenvalue weighted by Crippen LogP contribution is -2.46. The predicted molar refractivity (Wildman–Crippen MR) is 95.7 cm³/mol. The first-order chi connectivity index (χ1) is 11.6. The van der Waals surface area contributed by atoms with Gasteiger partial charge in [0.15, 0.2) is 5.96 Å². The van der Waals surface area contributed by atoms with Crippen LogP contribution in [0.5, 0.6) is 0 Å². The van der Waals surface area contributed by atoms with E-state index in [9.17, 15) is 4.39 Å². The highest BCUT2D eigenvalue weighted by molar-refractivity contribution is 5.79. The molecule has 1 aromatic carbocycles. The quantitative estimate of drug-likeness (QED) is 0.474. The molecule has 1 heterocycles. The highest BCUT2D eigenvalue weighted by Crippen LogP contribution is 2.10. The third-order valence-electron chi connectivity index (χ3n) is 4.07. The number of rotatable bonds is 6. The average molecular weight is 336 g/mol. The summed E-state index contributed by atoms with van der Waals surface area (Å²) < 4.78 is 19.3. The van der Waals surface area contributed by atoms with Crippen molar-refractivity contribution in [3.05, 3.63) is 35.6 Å². The number of benzene rings is 1. The summed E-state index contributed by atoms with van der Waals surface area (Å²) in [6.45, 7) is 8.51. The van der Waals surface area contributed by atoms with E-state index in [1.807, 2.05) is 6.07 Å². The van der Waals surface area contributed by atoms with Gasteiger partial charge in [-0.15, -0.1) is 0 Å². The summed E-state index contributed by atoms with van der Waals surface area (Å²) in [5, 5.41) is 6.42. The van der Waals surface area contributed by atoms with Crippen LogP contribution in [0.3, 0.4) is 0 Å². The smallest absolute Gasteiger partial charge is 0.191 e. The van der Waals surface area contributed by atoms with Crippen LogP contribution in [0.4, 0.5) is 4.39 Å². The minimum Gasteiger partial charge on any atom is -0.373 e. The van der Waals surface area contributed by atoms with Crippen molar-refractivity contribution in [3.8, 4) is 0 Å². The second-order valence-corrected chi connectivity index (χ2v) is 6.31. The molecular weight excluding hydrogens is 307 g/mol. The fraction of sp³-hybridized carbons (Fsp3) is 0.611. The first-order valence-corrected chi connectivity index (χ1v) is 8.64. The van der Waals surface area contributed by atoms with Gasteiger partial charge in [0.2, 0.25) is 0 Å². The standard InChI is InChI=1S/C18H29FN4O/c1-14-12-23(13-15(2)24-14)10-6-9-21-18(20-3)22-11-16-7-4-5-8-17(16)19/h4-5,7-8,14-15H,6,9-13H2,1-3H3,(H2,20,21,22). The zero-order valence-electron chi connectivity index (χ0n) is 14.9. The number of aliphatic imine (C=N–C) groups is 1. The van der Waals surface area contributed by atoms with Gasteiger partial charge >= 0.3 is 0 Å². The highest BCUT2D eigenvalue weighted by atomic mass is 19.1. The molecule has 2 N–H and O–H groups in total. The van der Waals surface area contributed by atoms with Crippen molar-refractivity contribution in [2.45, 2.75) is 39.0 Å². The third kappa shape index (κ3) is 6.09. The molecule has 6 heteroatoms. The van der Waals surface area contributed by atoms with Gasteiger partial charge in [0.25, 0.3) is 0 Å². The molecular formula is C18H29FN4O. The summed E-state index contributed by atoms with van der Waals surface area (Å²) in [6.07, 6.45) is 1.63. The Hall–Kier alpha value is -1.66. The molecule has 0 bridgehead atoms. The minimum atomic E-state index is -0.198. The minimum absolute atomic E-state index is 0.198. The predicted octanol–water partition coefficient (Wildman–Crippen LogP) is 1.99. The lowest BCUT2D eigenvalue weighted by atomic mass is 10.2. The normalized spacial score (nSPS) is 22.4. The van der Waals surface area contributed by atoms with Gasteiger partial charge in [0, 0.05) is 45.3 Å². The number of halogens is 1. The number of guanidine groups is 1. The Morgan fingerprint density at radius 2 is 1.96 bits per heavy atom. The monoisotopic (exact) mass is 336 g/mol. The van der Waals surface area contributed by atoms with Crippen molar-refractivity contribution in [2.75, 3.05) is 33.2 Å². The Bertz CT molecular complexity index is 528. The molecule has 0 aliphatic carbocycles. The first kappa shape index (κ1) is 18.7. The largest absolute Gasteiger partial charge is 0.373 e. The van der Waals surface area contributed by atoms with Crippen molar-refractivity contribution in [1.29, 1.82) is 0 Å². The van der Waals surface area contributed by atoms with Crippen molar-refractivity contribution < 1.29 is 9.13 Å². The van der Waals surface area contributed by atoms with Gasteiger partial charge < -0.3 is 15.4 Å². The molecule has 0 aromatic heterocycles. The van der Waals surface area contributed by atoms with Gasteiger partial charge in [0.1, 0.15) is 5.82 Å². The van der Waals surface area contributed by atoms with E-state index < -0.39 is 0 Å². The summed E-state index contributed by atoms with van der Waals surface area (Å²) >= 11 is 0. The second kappa shape index (κ2) is 9.59. The Labute approximate surface area is 144 Å². The Morgan fingerprint density at radius 1 is 1.25 bits per heavy atom. The van der Waals surface area contributed by atoms with Crippen LogP contribution < -0.4 is 10.6 Å². The first-order valence-electron chi connectivity index (χ1n) is 8.64. The molecule has 0 saturated carbocycles. The fourth-order valence-corrected chi connectivity index (χ4v) is 3.02. The molecule has 1 aliphatic rings. The number of hydrogen-bond donors (Lipinski definition) is 2. The lowest BCUT2D eigenvalue weighted by molar-refractivity contribution is -0.0679. The molecule has 0 spiro atoms. The molecule has 0 radical (unpaired) electrons. The summed E-state index contributed by atoms with van der Waals surface area (Å²) in [4.78, 5) is 6.62. The summed E-state index contributed by atoms with van der Waals surface area (Å²) in [7, 11) is 1.72. The molecule has 0 amide bonds. The van der Waals surface area contributed by atoms with E-state index in [1.54, 1.807) is 19.2 Å². The molecule has 2 atom stereocenters. The van der Waals surface area contributed by atoms with Crippen molar-refractivity contribution >= 4 is 5.96 Å². The number of nitrogens with zero attached hydrogens (tertiary/aromatic N) is 2. The van der Waals surface area contributed by atoms with Crippen LogP contribution in [0.1, 0.15) is 25.8 Å². The van der Waals surface area contributed by atoms with E-state index in [0.29, 0.717) is 30.3 Å². The van der Waals surface area contributed by atoms with Gasteiger partial charge in [-0.1, -0.05) is 18.2 Å². The second-order valence-electron chi connectivity index (χ2n) is 6.31. The van der Waals surface area contributed by atoms with Crippen LogP contribution >= 0.6 is 0 Å². The van der Waals surface area contributed by atoms with Gasteiger partial charge in [-0.05, 0) is 26.3 Å². The van der Waals surface area contributed by atoms with Gasteiger partial charge in [-0.3, -0.25) is 9.89 Å². The lowest BCUT2D eigenvalue weighted by Gasteiger charge is -2.35. The molecule has 2 rings (SSSR count). The van der Waals surface area contributed by atoms with Crippen LogP contribution in [0.15, 0.2) is 29.3 Å². The van der Waals surface area contributed by atoms with Crippen LogP contribution in [0, 0.1) is 5.82 Å². The molecule has 1 saturated heterocycles. The maximum Gasteiger partial charge on any atom is 0.191 e. The van der Waals surface area contributed by atoms with E-state index in [4.69, 9.17) is 4.74 Å². The third-order valence-corrected chi connectivity index (χ3v) is 4.07. The van der Waals surface area contributed by atoms with Crippen LogP contribution in [-0.4, -0.2) is 56.3 Å². The van der Waals surface area contributed by atoms with Crippen LogP contribution in [0.25, 0.3) is 0 Å². The molecule has 24 heavy (non-hydrogen) atoms. The zero-order chi connectivity index (χ0) is 17.4. The number of ether oxygens (including phenoxy) is 1. The number of morpholine rings is 1. The molecule has 5 nitrogen and oxygen atoms in total. The topological polar surface area (TPSA) is 48.9 Å². The maximum atomic E-state index is 13.6. The maximum absolute atomic E-state index is 13.6. The molecule has 1 aliphatic heterocycles. The van der Waals surface area contributed by atoms with Crippen molar-refractivity contribution in [1.82, 2.24) is 15.5 Å². The summed E-state index contributed by atoms with van der Waals surface area (Å²) in [5.74, 6) is 0.498. The summed E-state index contributed by atoms with van der Waals surface area (Å²) in [5.41, 5.74) is 0.636. The summed E-state index contributed by atoms with van der Waals surface area (Å²) in [6, 6.07) is 6.77. The highest BCUT2D eigenvalue weighted by Gasteiger charge is 2.21. The van der Waals surface area contributed by atoms with Gasteiger partial charge in [-0.2, -0.15) is 0 Å². The number of nitrogens with one attached hydrogen (secondary N) is 2. The Kier molecular flexibility index (Phi) is 7.46. The average Bonchev–Trinajstić information content (AvgIpc) is 2.54. The van der Waals surface area contributed by atoms with E-state index in [-0.39, 0.29) is 5.82 Å². The molecule has 134 valence electrons. The fourth-order valence-electron chi connectivity index (χ4n) is 3.02. The zero-order valence-corrected chi connectivity index (χ0v) is 14.9. The molecule has 1 aromatic rings. The molecule has 1 fully saturated rings. The van der Waals surface area contributed by atoms with Crippen LogP contribution in [-0.2, 0) is 11.3 Å². The van der Waals surface area contributed by atoms with Gasteiger partial charge in [-0.25, -0.2) is 4.39 Å². The van der Waals surface area contributed by atoms with Gasteiger partial charge in [0.05, 0.1) is 12.2 Å². The Morgan fingerprint density at radius 3 is 2.62 bits per heavy atom. The van der Waals surface area contributed by atoms with E-state index >= 15 is 0 Å². The molecule has 2 unspecified atom stereocenters. The van der Waals surface area contributed by atoms with Crippen LogP contribution in [0.2, 0.25) is 0 Å². The van der Waals surface area contributed by atoms with Crippen molar-refractivity contribution in [2.24, 2.45) is 4.99 Å². The van der Waals surface area contributed by atoms with E-state index in [2.05, 4.69) is 34.4 Å². The van der Waals surface area contributed by atoms with E-state index in [0.717, 1.165) is 32.6 Å².